The van der Waals surface area contributed by atoms with Crippen LogP contribution in [0, 0.1) is 0 Å². The van der Waals surface area contributed by atoms with E-state index in [4.69, 9.17) is 27.8 Å². The van der Waals surface area contributed by atoms with Crippen molar-refractivity contribution in [3.8, 4) is 5.75 Å². The number of benzene rings is 1. The monoisotopic (exact) mass is 408 g/mol. The Morgan fingerprint density at radius 3 is 2.61 bits per heavy atom. The molecule has 7 N–H and O–H groups in total. The van der Waals surface area contributed by atoms with Gasteiger partial charge in [0.2, 0.25) is 0 Å². The molecule has 152 valence electrons. The Labute approximate surface area is 168 Å². The predicted molar refractivity (Wildman–Crippen MR) is 108 cm³/mol. The average Bonchev–Trinajstić information content (AvgIpc) is 2.66. The van der Waals surface area contributed by atoms with Crippen LogP contribution in [0.15, 0.2) is 30.3 Å². The zero-order valence-electron chi connectivity index (χ0n) is 15.8. The molecule has 0 aliphatic rings. The van der Waals surface area contributed by atoms with E-state index in [9.17, 15) is 9.90 Å². The van der Waals surface area contributed by atoms with Crippen LogP contribution in [0.1, 0.15) is 24.3 Å². The highest BCUT2D eigenvalue weighted by Crippen LogP contribution is 2.17. The van der Waals surface area contributed by atoms with E-state index in [1.807, 2.05) is 44.2 Å². The van der Waals surface area contributed by atoms with Crippen molar-refractivity contribution in [2.75, 3.05) is 31.2 Å². The van der Waals surface area contributed by atoms with E-state index in [1.54, 1.807) is 0 Å². The molecule has 0 radical (unpaired) electrons. The molecule has 0 fully saturated rings. The molecular formula is C18H25ClN6O3. The maximum Gasteiger partial charge on any atom is 0.273 e. The molecule has 2 rings (SSSR count). The molecule has 2 aromatic rings. The number of aliphatic hydroxyl groups excluding tert-OH is 1. The summed E-state index contributed by atoms with van der Waals surface area (Å²) in [6.45, 7) is 4.44. The lowest BCUT2D eigenvalue weighted by Gasteiger charge is -2.28. The van der Waals surface area contributed by atoms with Crippen LogP contribution in [0.25, 0.3) is 0 Å². The highest BCUT2D eigenvalue weighted by Gasteiger charge is 2.22. The van der Waals surface area contributed by atoms with E-state index in [2.05, 4.69) is 20.6 Å². The number of carbonyl (C=O) groups is 1. The molecule has 0 aliphatic carbocycles. The summed E-state index contributed by atoms with van der Waals surface area (Å²) in [5.41, 5.74) is 10.6. The van der Waals surface area contributed by atoms with Gasteiger partial charge in [-0.25, -0.2) is 9.97 Å². The third-order valence-corrected chi connectivity index (χ3v) is 4.09. The van der Waals surface area contributed by atoms with Gasteiger partial charge in [0.25, 0.3) is 5.91 Å². The molecule has 1 amide bonds. The number of nitrogen functional groups attached to an aromatic ring is 2. The van der Waals surface area contributed by atoms with Gasteiger partial charge >= 0.3 is 0 Å². The number of aromatic nitrogens is 2. The molecule has 1 aromatic carbocycles. The van der Waals surface area contributed by atoms with Gasteiger partial charge in [-0.1, -0.05) is 29.8 Å². The number of amides is 1. The van der Waals surface area contributed by atoms with Crippen LogP contribution >= 0.6 is 11.6 Å². The minimum Gasteiger partial charge on any atom is -0.491 e. The van der Waals surface area contributed by atoms with E-state index in [0.717, 1.165) is 0 Å². The highest BCUT2D eigenvalue weighted by molar-refractivity contribution is 6.31. The molecule has 0 saturated carbocycles. The van der Waals surface area contributed by atoms with Crippen molar-refractivity contribution >= 4 is 29.1 Å². The molecule has 1 atom stereocenters. The first-order valence-electron chi connectivity index (χ1n) is 8.65. The van der Waals surface area contributed by atoms with Crippen LogP contribution in [-0.4, -0.2) is 52.3 Å². The Morgan fingerprint density at radius 2 is 1.93 bits per heavy atom. The van der Waals surface area contributed by atoms with Gasteiger partial charge in [0.05, 0.1) is 0 Å². The van der Waals surface area contributed by atoms with E-state index in [1.165, 1.54) is 0 Å². The quantitative estimate of drug-likeness (QED) is 0.409. The van der Waals surface area contributed by atoms with E-state index < -0.39 is 17.6 Å². The van der Waals surface area contributed by atoms with Crippen molar-refractivity contribution in [2.45, 2.75) is 25.5 Å². The Balaban J connectivity index is 1.79. The van der Waals surface area contributed by atoms with Gasteiger partial charge in [0.15, 0.2) is 22.5 Å². The maximum atomic E-state index is 12.3. The van der Waals surface area contributed by atoms with Crippen LogP contribution in [0.4, 0.5) is 11.6 Å². The summed E-state index contributed by atoms with van der Waals surface area (Å²) < 4.78 is 5.51. The summed E-state index contributed by atoms with van der Waals surface area (Å²) in [4.78, 5) is 19.9. The number of aliphatic hydroxyl groups is 1. The van der Waals surface area contributed by atoms with Crippen molar-refractivity contribution in [3.63, 3.8) is 0 Å². The number of para-hydroxylation sites is 1. The number of β-amino-alcohol motifs (C(OH)–C–C–N with tert-alkyl or cyclic N) is 1. The number of hydrogen-bond donors (Lipinski definition) is 5. The van der Waals surface area contributed by atoms with Gasteiger partial charge in [-0.15, -0.1) is 0 Å². The lowest BCUT2D eigenvalue weighted by Crippen LogP contribution is -2.51. The second kappa shape index (κ2) is 9.54. The van der Waals surface area contributed by atoms with Gasteiger partial charge in [-0.2, -0.15) is 0 Å². The summed E-state index contributed by atoms with van der Waals surface area (Å²) in [6.07, 6.45) is -0.715. The predicted octanol–water partition coefficient (Wildman–Crippen LogP) is 0.832. The largest absolute Gasteiger partial charge is 0.491 e. The first-order chi connectivity index (χ1) is 13.2. The molecule has 0 bridgehead atoms. The van der Waals surface area contributed by atoms with E-state index in [0.29, 0.717) is 5.75 Å². The third kappa shape index (κ3) is 6.52. The normalized spacial score (nSPS) is 12.4. The van der Waals surface area contributed by atoms with Gasteiger partial charge in [-0.05, 0) is 26.0 Å². The number of ether oxygens (including phenoxy) is 1. The second-order valence-corrected chi connectivity index (χ2v) is 7.22. The van der Waals surface area contributed by atoms with Crippen molar-refractivity contribution in [2.24, 2.45) is 0 Å². The fourth-order valence-electron chi connectivity index (χ4n) is 2.22. The number of rotatable bonds is 9. The Bertz CT molecular complexity index is 803. The average molecular weight is 409 g/mol. The zero-order chi connectivity index (χ0) is 20.7. The van der Waals surface area contributed by atoms with Crippen molar-refractivity contribution < 1.29 is 14.6 Å². The lowest BCUT2D eigenvalue weighted by molar-refractivity contribution is 0.0910. The number of halogens is 1. The molecule has 10 heteroatoms. The standard InChI is InChI=1S/C18H25ClN6O3/c1-18(2,23-8-11(26)9-28-12-6-4-3-5-7-12)10-22-17(27)13-15(20)25-16(21)14(19)24-13/h3-7,11,23,26H,8-10H2,1-2H3,(H,22,27)(H4,20,21,25). The van der Waals surface area contributed by atoms with Gasteiger partial charge in [0, 0.05) is 18.6 Å². The molecule has 1 aromatic heterocycles. The summed E-state index contributed by atoms with van der Waals surface area (Å²) in [5, 5.41) is 15.9. The number of hydrogen-bond acceptors (Lipinski definition) is 8. The van der Waals surface area contributed by atoms with E-state index >= 15 is 0 Å². The SMILES string of the molecule is CC(C)(CNC(=O)c1nc(Cl)c(N)nc1N)NCC(O)COc1ccccc1. The lowest BCUT2D eigenvalue weighted by atomic mass is 10.1. The molecule has 0 aliphatic heterocycles. The highest BCUT2D eigenvalue weighted by atomic mass is 35.5. The maximum absolute atomic E-state index is 12.3. The second-order valence-electron chi connectivity index (χ2n) is 6.86. The number of carbonyl (C=O) groups excluding carboxylic acids is 1. The minimum absolute atomic E-state index is 0.0376. The van der Waals surface area contributed by atoms with Crippen molar-refractivity contribution in [3.05, 3.63) is 41.2 Å². The molecule has 1 unspecified atom stereocenters. The fraction of sp³-hybridized carbons (Fsp3) is 0.389. The van der Waals surface area contributed by atoms with Crippen molar-refractivity contribution in [1.82, 2.24) is 20.6 Å². The minimum atomic E-state index is -0.715. The molecule has 9 nitrogen and oxygen atoms in total. The van der Waals surface area contributed by atoms with Gasteiger partial charge < -0.3 is 31.9 Å². The van der Waals surface area contributed by atoms with Crippen molar-refractivity contribution in [1.29, 1.82) is 0 Å². The Kier molecular flexibility index (Phi) is 7.38. The topological polar surface area (TPSA) is 148 Å². The summed E-state index contributed by atoms with van der Waals surface area (Å²) in [6, 6.07) is 9.24. The molecule has 1 heterocycles. The van der Waals surface area contributed by atoms with Crippen LogP contribution in [0.2, 0.25) is 5.15 Å². The third-order valence-electron chi connectivity index (χ3n) is 3.81. The Hall–Kier alpha value is -2.62. The fourth-order valence-corrected chi connectivity index (χ4v) is 2.35. The Morgan fingerprint density at radius 1 is 1.25 bits per heavy atom. The number of nitrogens with zero attached hydrogens (tertiary/aromatic N) is 2. The van der Waals surface area contributed by atoms with Crippen LogP contribution < -0.4 is 26.8 Å². The molecule has 28 heavy (non-hydrogen) atoms. The zero-order valence-corrected chi connectivity index (χ0v) is 16.5. The van der Waals surface area contributed by atoms with Crippen LogP contribution in [0.3, 0.4) is 0 Å². The molecule has 0 spiro atoms. The van der Waals surface area contributed by atoms with Crippen LogP contribution in [0.5, 0.6) is 5.75 Å². The number of anilines is 2. The summed E-state index contributed by atoms with van der Waals surface area (Å²) in [5.74, 6) is 0.0340. The summed E-state index contributed by atoms with van der Waals surface area (Å²) >= 11 is 5.79. The van der Waals surface area contributed by atoms with Gasteiger partial charge in [-0.3, -0.25) is 4.79 Å². The van der Waals surface area contributed by atoms with E-state index in [-0.39, 0.29) is 42.2 Å². The smallest absolute Gasteiger partial charge is 0.273 e. The number of nitrogens with two attached hydrogens (primary N) is 2. The van der Waals surface area contributed by atoms with Crippen LogP contribution in [-0.2, 0) is 0 Å². The molecule has 0 saturated heterocycles. The summed E-state index contributed by atoms with van der Waals surface area (Å²) in [7, 11) is 0. The van der Waals surface area contributed by atoms with Gasteiger partial charge in [0.1, 0.15) is 18.5 Å². The number of nitrogens with one attached hydrogen (secondary N) is 2. The first kappa shape index (κ1) is 21.7. The first-order valence-corrected chi connectivity index (χ1v) is 9.03. The molecular weight excluding hydrogens is 384 g/mol.